The third kappa shape index (κ3) is 6.89. The highest BCUT2D eigenvalue weighted by Gasteiger charge is 2.42. The smallest absolute Gasteiger partial charge is 0.161 e. The molecule has 1 aliphatic heterocycles. The first-order valence-electron chi connectivity index (χ1n) is 11.7. The van der Waals surface area contributed by atoms with E-state index in [0.29, 0.717) is 48.4 Å². The number of ether oxygens (including phenoxy) is 3. The lowest BCUT2D eigenvalue weighted by molar-refractivity contribution is -0.140. The van der Waals surface area contributed by atoms with Crippen molar-refractivity contribution in [2.24, 2.45) is 0 Å². The van der Waals surface area contributed by atoms with Crippen molar-refractivity contribution in [3.63, 3.8) is 0 Å². The summed E-state index contributed by atoms with van der Waals surface area (Å²) in [4.78, 5) is 6.16. The minimum atomic E-state index is -1.39. The van der Waals surface area contributed by atoms with Gasteiger partial charge in [-0.25, -0.2) is 4.98 Å². The number of hydrogen-bond donors (Lipinski definition) is 2. The highest BCUT2D eigenvalue weighted by molar-refractivity contribution is 6.30. The van der Waals surface area contributed by atoms with Crippen LogP contribution in [0.15, 0.2) is 61.2 Å². The van der Waals surface area contributed by atoms with Crippen LogP contribution in [-0.4, -0.2) is 69.8 Å². The molecule has 2 N–H and O–H groups in total. The molecule has 2 heterocycles. The molecule has 1 saturated heterocycles. The largest absolute Gasteiger partial charge is 0.493 e. The number of piperidine rings is 1. The highest BCUT2D eigenvalue weighted by atomic mass is 35.5. The summed E-state index contributed by atoms with van der Waals surface area (Å²) in [5, 5.41) is 22.3. The van der Waals surface area contributed by atoms with Gasteiger partial charge in [0.15, 0.2) is 11.5 Å². The van der Waals surface area contributed by atoms with Crippen molar-refractivity contribution in [3.05, 3.63) is 71.8 Å². The predicted molar refractivity (Wildman–Crippen MR) is 133 cm³/mol. The van der Waals surface area contributed by atoms with Crippen LogP contribution in [0.25, 0.3) is 0 Å². The molecule has 4 rings (SSSR count). The minimum Gasteiger partial charge on any atom is -0.493 e. The lowest BCUT2D eigenvalue weighted by Gasteiger charge is -2.42. The number of aryl methyl sites for hydroxylation is 1. The summed E-state index contributed by atoms with van der Waals surface area (Å²) in [6.45, 7) is 2.89. The number of methoxy groups -OCH3 is 1. The van der Waals surface area contributed by atoms with Crippen LogP contribution in [-0.2, 0) is 13.1 Å². The van der Waals surface area contributed by atoms with Gasteiger partial charge in [0.05, 0.1) is 26.1 Å². The minimum absolute atomic E-state index is 0.0289. The Morgan fingerprint density at radius 3 is 2.83 bits per heavy atom. The number of aromatic nitrogens is 2. The number of nitrogens with zero attached hydrogens (tertiary/aromatic N) is 3. The van der Waals surface area contributed by atoms with E-state index < -0.39 is 11.7 Å². The van der Waals surface area contributed by atoms with Crippen LogP contribution in [0.4, 0.5) is 0 Å². The van der Waals surface area contributed by atoms with E-state index in [0.717, 1.165) is 18.5 Å². The molecule has 0 radical (unpaired) electrons. The van der Waals surface area contributed by atoms with E-state index >= 15 is 0 Å². The molecule has 0 amide bonds. The summed E-state index contributed by atoms with van der Waals surface area (Å²) in [5.74, 6) is 1.92. The van der Waals surface area contributed by atoms with Gasteiger partial charge in [-0.3, -0.25) is 4.90 Å². The Balaban J connectivity index is 1.35. The maximum absolute atomic E-state index is 11.2. The summed E-state index contributed by atoms with van der Waals surface area (Å²) in [7, 11) is 1.62. The number of halogens is 1. The number of benzene rings is 2. The van der Waals surface area contributed by atoms with Crippen LogP contribution in [0.2, 0.25) is 5.02 Å². The van der Waals surface area contributed by atoms with Crippen molar-refractivity contribution < 1.29 is 24.4 Å². The van der Waals surface area contributed by atoms with Gasteiger partial charge in [-0.1, -0.05) is 23.7 Å². The molecule has 188 valence electrons. The fourth-order valence-corrected chi connectivity index (χ4v) is 4.41. The molecule has 1 fully saturated rings. The standard InChI is InChI=1S/C26H32ClN3O5/c1-33-23-7-6-20(14-24(23)34-13-3-10-29-12-9-28-19-29)16-30-11-8-25(31)26(32,17-30)18-35-22-5-2-4-21(27)15-22/h2,4-7,9,12,14-15,19,25,31-32H,3,8,10-11,13,16-18H2,1H3/t25-,26-/m0/s1. The number of rotatable bonds is 11. The Labute approximate surface area is 210 Å². The van der Waals surface area contributed by atoms with Gasteiger partial charge >= 0.3 is 0 Å². The van der Waals surface area contributed by atoms with Crippen molar-refractivity contribution in [3.8, 4) is 17.2 Å². The molecule has 2 aromatic carbocycles. The van der Waals surface area contributed by atoms with E-state index in [2.05, 4.69) is 9.88 Å². The van der Waals surface area contributed by atoms with Gasteiger partial charge in [0.2, 0.25) is 0 Å². The molecule has 0 unspecified atom stereocenters. The zero-order valence-corrected chi connectivity index (χ0v) is 20.6. The number of aliphatic hydroxyl groups excluding tert-OH is 1. The molecule has 2 atom stereocenters. The molecular formula is C26H32ClN3O5. The SMILES string of the molecule is COc1ccc(CN2CC[C@H](O)[C@@](O)(COc3cccc(Cl)c3)C2)cc1OCCCn1ccnc1. The summed E-state index contributed by atoms with van der Waals surface area (Å²) in [5.41, 5.74) is -0.357. The van der Waals surface area contributed by atoms with Crippen LogP contribution >= 0.6 is 11.6 Å². The van der Waals surface area contributed by atoms with E-state index in [1.54, 1.807) is 43.9 Å². The second kappa shape index (κ2) is 11.8. The molecule has 8 nitrogen and oxygen atoms in total. The first-order chi connectivity index (χ1) is 16.9. The molecule has 0 spiro atoms. The number of likely N-dealkylation sites (tertiary alicyclic amines) is 1. The molecular weight excluding hydrogens is 470 g/mol. The Morgan fingerprint density at radius 1 is 1.17 bits per heavy atom. The first kappa shape index (κ1) is 25.3. The van der Waals surface area contributed by atoms with E-state index in [4.69, 9.17) is 25.8 Å². The molecule has 9 heteroatoms. The molecule has 1 aliphatic rings. The Kier molecular flexibility index (Phi) is 8.51. The maximum atomic E-state index is 11.2. The lowest BCUT2D eigenvalue weighted by atomic mass is 9.90. The fourth-order valence-electron chi connectivity index (χ4n) is 4.23. The summed E-state index contributed by atoms with van der Waals surface area (Å²) in [6, 6.07) is 12.9. The second-order valence-corrected chi connectivity index (χ2v) is 9.29. The fraction of sp³-hybridized carbons (Fsp3) is 0.423. The Bertz CT molecular complexity index is 1080. The van der Waals surface area contributed by atoms with Gasteiger partial charge in [0.1, 0.15) is 18.0 Å². The highest BCUT2D eigenvalue weighted by Crippen LogP contribution is 2.30. The molecule has 0 saturated carbocycles. The summed E-state index contributed by atoms with van der Waals surface area (Å²) < 4.78 is 19.3. The van der Waals surface area contributed by atoms with Crippen LogP contribution in [0, 0.1) is 0 Å². The topological polar surface area (TPSA) is 89.2 Å². The number of aliphatic hydroxyl groups is 2. The van der Waals surface area contributed by atoms with Gasteiger partial charge in [-0.2, -0.15) is 0 Å². The van der Waals surface area contributed by atoms with Gasteiger partial charge in [-0.15, -0.1) is 0 Å². The quantitative estimate of drug-likeness (QED) is 0.389. The second-order valence-electron chi connectivity index (χ2n) is 8.85. The van der Waals surface area contributed by atoms with Crippen molar-refractivity contribution in [1.29, 1.82) is 0 Å². The molecule has 35 heavy (non-hydrogen) atoms. The van der Waals surface area contributed by atoms with E-state index in [9.17, 15) is 10.2 Å². The van der Waals surface area contributed by atoms with Crippen molar-refractivity contribution in [2.45, 2.75) is 37.6 Å². The third-order valence-electron chi connectivity index (χ3n) is 6.13. The van der Waals surface area contributed by atoms with Crippen LogP contribution in [0.3, 0.4) is 0 Å². The first-order valence-corrected chi connectivity index (χ1v) is 12.1. The number of β-amino-alcohol motifs (C(OH)–C–C–N with tert-alkyl or cyclic N) is 1. The average Bonchev–Trinajstić information content (AvgIpc) is 3.37. The number of hydrogen-bond acceptors (Lipinski definition) is 7. The molecule has 1 aromatic heterocycles. The van der Waals surface area contributed by atoms with E-state index in [1.165, 1.54) is 0 Å². The van der Waals surface area contributed by atoms with E-state index in [-0.39, 0.29) is 13.2 Å². The lowest BCUT2D eigenvalue weighted by Crippen LogP contribution is -2.59. The predicted octanol–water partition coefficient (Wildman–Crippen LogP) is 3.39. The van der Waals surface area contributed by atoms with Gasteiger partial charge in [-0.05, 0) is 48.7 Å². The van der Waals surface area contributed by atoms with Gasteiger partial charge in [0, 0.05) is 43.6 Å². The van der Waals surface area contributed by atoms with Gasteiger partial charge < -0.3 is 29.0 Å². The summed E-state index contributed by atoms with van der Waals surface area (Å²) >= 11 is 6.02. The molecule has 0 aliphatic carbocycles. The zero-order chi connectivity index (χ0) is 24.7. The van der Waals surface area contributed by atoms with Crippen LogP contribution in [0.1, 0.15) is 18.4 Å². The van der Waals surface area contributed by atoms with E-state index in [1.807, 2.05) is 29.0 Å². The van der Waals surface area contributed by atoms with Crippen LogP contribution in [0.5, 0.6) is 17.2 Å². The number of imidazole rings is 1. The van der Waals surface area contributed by atoms with Crippen LogP contribution < -0.4 is 14.2 Å². The molecule has 3 aromatic rings. The normalized spacial score (nSPS) is 20.5. The zero-order valence-electron chi connectivity index (χ0n) is 19.8. The van der Waals surface area contributed by atoms with Crippen molar-refractivity contribution in [2.75, 3.05) is 33.4 Å². The Morgan fingerprint density at radius 2 is 2.06 bits per heavy atom. The van der Waals surface area contributed by atoms with Gasteiger partial charge in [0.25, 0.3) is 0 Å². The summed E-state index contributed by atoms with van der Waals surface area (Å²) in [6.07, 6.45) is 5.90. The molecule has 0 bridgehead atoms. The average molecular weight is 502 g/mol. The third-order valence-corrected chi connectivity index (χ3v) is 6.37. The monoisotopic (exact) mass is 501 g/mol. The maximum Gasteiger partial charge on any atom is 0.161 e. The Hall–Kier alpha value is -2.78. The van der Waals surface area contributed by atoms with Crippen molar-refractivity contribution >= 4 is 11.6 Å². The van der Waals surface area contributed by atoms with Crippen molar-refractivity contribution in [1.82, 2.24) is 14.5 Å².